The van der Waals surface area contributed by atoms with Crippen LogP contribution in [0.3, 0.4) is 0 Å². The van der Waals surface area contributed by atoms with Crippen LogP contribution in [0.2, 0.25) is 0 Å². The molecule has 140 valence electrons. The van der Waals surface area contributed by atoms with Crippen LogP contribution in [-0.2, 0) is 5.75 Å². The fraction of sp³-hybridized carbons (Fsp3) is 0.0952. The highest BCUT2D eigenvalue weighted by atomic mass is 32.2. The van der Waals surface area contributed by atoms with Gasteiger partial charge in [-0.2, -0.15) is 5.10 Å². The molecule has 0 aliphatic heterocycles. The predicted molar refractivity (Wildman–Crippen MR) is 114 cm³/mol. The van der Waals surface area contributed by atoms with Gasteiger partial charge in [-0.25, -0.2) is 10.4 Å². The van der Waals surface area contributed by atoms with Crippen molar-refractivity contribution in [2.24, 2.45) is 5.10 Å². The summed E-state index contributed by atoms with van der Waals surface area (Å²) in [5.74, 6) is 1.18. The molecule has 28 heavy (non-hydrogen) atoms. The summed E-state index contributed by atoms with van der Waals surface area (Å²) in [6, 6.07) is 19.2. The van der Waals surface area contributed by atoms with Crippen molar-refractivity contribution in [2.45, 2.75) is 17.0 Å². The first-order valence-electron chi connectivity index (χ1n) is 8.65. The van der Waals surface area contributed by atoms with Gasteiger partial charge >= 0.3 is 0 Å². The Hall–Kier alpha value is -2.90. The Bertz CT molecular complexity index is 1080. The molecule has 5 nitrogen and oxygen atoms in total. The van der Waals surface area contributed by atoms with Gasteiger partial charge in [-0.05, 0) is 48.9 Å². The number of aromatic nitrogens is 1. The van der Waals surface area contributed by atoms with Crippen LogP contribution in [0.25, 0.3) is 10.2 Å². The van der Waals surface area contributed by atoms with E-state index in [0.29, 0.717) is 17.0 Å². The van der Waals surface area contributed by atoms with E-state index in [0.717, 1.165) is 21.2 Å². The second kappa shape index (κ2) is 8.41. The monoisotopic (exact) mass is 407 g/mol. The molecule has 0 saturated heterocycles. The van der Waals surface area contributed by atoms with Crippen molar-refractivity contribution < 1.29 is 9.21 Å². The maximum atomic E-state index is 12.2. The van der Waals surface area contributed by atoms with Gasteiger partial charge in [0.15, 0.2) is 4.34 Å². The second-order valence-electron chi connectivity index (χ2n) is 6.05. The lowest BCUT2D eigenvalue weighted by atomic mass is 10.1. The first-order chi connectivity index (χ1) is 13.7. The molecule has 7 heteroatoms. The highest BCUT2D eigenvalue weighted by molar-refractivity contribution is 8.00. The minimum Gasteiger partial charge on any atom is -0.463 e. The van der Waals surface area contributed by atoms with Crippen LogP contribution in [-0.4, -0.2) is 16.6 Å². The molecule has 1 amide bonds. The molecule has 1 N–H and O–H groups in total. The Morgan fingerprint density at radius 1 is 1.14 bits per heavy atom. The van der Waals surface area contributed by atoms with Crippen LogP contribution in [0.5, 0.6) is 0 Å². The summed E-state index contributed by atoms with van der Waals surface area (Å²) < 4.78 is 7.49. The highest BCUT2D eigenvalue weighted by Gasteiger charge is 2.08. The second-order valence-corrected chi connectivity index (χ2v) is 8.30. The van der Waals surface area contributed by atoms with Crippen LogP contribution >= 0.6 is 23.1 Å². The summed E-state index contributed by atoms with van der Waals surface area (Å²) in [5, 5.41) is 4.07. The Morgan fingerprint density at radius 2 is 1.96 bits per heavy atom. The summed E-state index contributed by atoms with van der Waals surface area (Å²) in [7, 11) is 0. The number of thiazole rings is 1. The van der Waals surface area contributed by atoms with Gasteiger partial charge in [0, 0.05) is 11.3 Å². The molecular formula is C21H17N3O2S2. The van der Waals surface area contributed by atoms with E-state index >= 15 is 0 Å². The van der Waals surface area contributed by atoms with Crippen molar-refractivity contribution in [3.63, 3.8) is 0 Å². The molecule has 0 saturated carbocycles. The molecule has 2 aromatic carbocycles. The van der Waals surface area contributed by atoms with Crippen LogP contribution in [0.4, 0.5) is 0 Å². The van der Waals surface area contributed by atoms with Gasteiger partial charge < -0.3 is 4.42 Å². The number of thioether (sulfide) groups is 1. The Morgan fingerprint density at radius 3 is 2.71 bits per heavy atom. The zero-order valence-electron chi connectivity index (χ0n) is 15.1. The molecule has 0 atom stereocenters. The Labute approximate surface area is 170 Å². The number of amides is 1. The molecule has 0 aliphatic carbocycles. The van der Waals surface area contributed by atoms with Crippen molar-refractivity contribution in [2.75, 3.05) is 0 Å². The third-order valence-corrected chi connectivity index (χ3v) is 6.31. The van der Waals surface area contributed by atoms with Crippen LogP contribution in [0.1, 0.15) is 28.6 Å². The van der Waals surface area contributed by atoms with Gasteiger partial charge in [-0.15, -0.1) is 11.3 Å². The van der Waals surface area contributed by atoms with E-state index in [9.17, 15) is 4.79 Å². The van der Waals surface area contributed by atoms with E-state index in [-0.39, 0.29) is 5.91 Å². The fourth-order valence-corrected chi connectivity index (χ4v) is 4.57. The van der Waals surface area contributed by atoms with E-state index in [1.807, 2.05) is 30.3 Å². The van der Waals surface area contributed by atoms with Gasteiger partial charge in [0.25, 0.3) is 5.91 Å². The highest BCUT2D eigenvalue weighted by Crippen LogP contribution is 2.31. The van der Waals surface area contributed by atoms with Crippen molar-refractivity contribution in [3.05, 3.63) is 83.8 Å². The van der Waals surface area contributed by atoms with Gasteiger partial charge in [-0.1, -0.05) is 36.0 Å². The van der Waals surface area contributed by atoms with Crippen LogP contribution < -0.4 is 5.43 Å². The lowest BCUT2D eigenvalue weighted by Gasteiger charge is -2.03. The molecule has 0 aliphatic rings. The molecule has 4 rings (SSSR count). The molecule has 0 bridgehead atoms. The van der Waals surface area contributed by atoms with E-state index in [2.05, 4.69) is 21.6 Å². The SMILES string of the molecule is CC(=NNC(=O)c1ccc(CSc2nc3ccccc3s2)cc1)c1ccco1. The topological polar surface area (TPSA) is 67.5 Å². The number of rotatable bonds is 6. The molecule has 0 unspecified atom stereocenters. The van der Waals surface area contributed by atoms with Gasteiger partial charge in [0.05, 0.1) is 16.5 Å². The van der Waals surface area contributed by atoms with E-state index in [4.69, 9.17) is 4.42 Å². The summed E-state index contributed by atoms with van der Waals surface area (Å²) in [4.78, 5) is 16.9. The molecule has 0 spiro atoms. The number of benzene rings is 2. The Kier molecular flexibility index (Phi) is 5.55. The third-order valence-electron chi connectivity index (χ3n) is 4.06. The minimum absolute atomic E-state index is 0.253. The number of carbonyl (C=O) groups excluding carboxylic acids is 1. The zero-order chi connectivity index (χ0) is 19.3. The Balaban J connectivity index is 1.35. The lowest BCUT2D eigenvalue weighted by Crippen LogP contribution is -2.19. The van der Waals surface area contributed by atoms with Crippen molar-refractivity contribution in [1.82, 2.24) is 10.4 Å². The number of nitrogens with zero attached hydrogens (tertiary/aromatic N) is 2. The number of hydrogen-bond donors (Lipinski definition) is 1. The summed E-state index contributed by atoms with van der Waals surface area (Å²) in [6.45, 7) is 1.78. The van der Waals surface area contributed by atoms with Crippen molar-refractivity contribution in [3.8, 4) is 0 Å². The number of hydrazone groups is 1. The lowest BCUT2D eigenvalue weighted by molar-refractivity contribution is 0.0955. The molecule has 2 aromatic heterocycles. The fourth-order valence-electron chi connectivity index (χ4n) is 2.55. The summed E-state index contributed by atoms with van der Waals surface area (Å²) in [5.41, 5.74) is 5.90. The van der Waals surface area contributed by atoms with Crippen LogP contribution in [0.15, 0.2) is 80.8 Å². The summed E-state index contributed by atoms with van der Waals surface area (Å²) in [6.07, 6.45) is 1.57. The average molecular weight is 408 g/mol. The molecular weight excluding hydrogens is 390 g/mol. The van der Waals surface area contributed by atoms with Crippen LogP contribution in [0, 0.1) is 0 Å². The van der Waals surface area contributed by atoms with Gasteiger partial charge in [-0.3, -0.25) is 4.79 Å². The number of carbonyl (C=O) groups is 1. The molecule has 2 heterocycles. The maximum absolute atomic E-state index is 12.2. The number of fused-ring (bicyclic) bond motifs is 1. The largest absolute Gasteiger partial charge is 0.463 e. The number of nitrogens with one attached hydrogen (secondary N) is 1. The van der Waals surface area contributed by atoms with E-state index in [1.54, 1.807) is 60.6 Å². The molecule has 4 aromatic rings. The minimum atomic E-state index is -0.253. The van der Waals surface area contributed by atoms with E-state index in [1.165, 1.54) is 4.70 Å². The predicted octanol–water partition coefficient (Wildman–Crippen LogP) is 5.34. The van der Waals surface area contributed by atoms with Gasteiger partial charge in [0.1, 0.15) is 11.5 Å². The number of para-hydroxylation sites is 1. The smallest absolute Gasteiger partial charge is 0.271 e. The number of furan rings is 1. The number of hydrogen-bond acceptors (Lipinski definition) is 6. The normalized spacial score (nSPS) is 11.7. The first kappa shape index (κ1) is 18.5. The first-order valence-corrected chi connectivity index (χ1v) is 10.4. The zero-order valence-corrected chi connectivity index (χ0v) is 16.7. The molecule has 0 fully saturated rings. The standard InChI is InChI=1S/C21H17N3O2S2/c1-14(18-6-4-12-26-18)23-24-20(25)16-10-8-15(9-11-16)13-27-21-22-17-5-2-3-7-19(17)28-21/h2-12H,13H2,1H3,(H,24,25). The van der Waals surface area contributed by atoms with Gasteiger partial charge in [0.2, 0.25) is 0 Å². The maximum Gasteiger partial charge on any atom is 0.271 e. The quantitative estimate of drug-likeness (QED) is 0.266. The summed E-state index contributed by atoms with van der Waals surface area (Å²) >= 11 is 3.40. The molecule has 0 radical (unpaired) electrons. The third kappa shape index (κ3) is 4.32. The van der Waals surface area contributed by atoms with E-state index < -0.39 is 0 Å². The average Bonchev–Trinajstić information content (AvgIpc) is 3.40. The van der Waals surface area contributed by atoms with Crippen molar-refractivity contribution >= 4 is 44.9 Å². The van der Waals surface area contributed by atoms with Crippen molar-refractivity contribution in [1.29, 1.82) is 0 Å².